The highest BCUT2D eigenvalue weighted by Crippen LogP contribution is 2.40. The Kier molecular flexibility index (Phi) is 4.55. The second-order valence-electron chi connectivity index (χ2n) is 7.45. The van der Waals surface area contributed by atoms with Gasteiger partial charge in [-0.3, -0.25) is 19.3 Å². The number of hydrogen-bond donors (Lipinski definition) is 0. The van der Waals surface area contributed by atoms with Gasteiger partial charge < -0.3 is 9.64 Å². The van der Waals surface area contributed by atoms with Crippen LogP contribution >= 0.6 is 0 Å². The van der Waals surface area contributed by atoms with Crippen LogP contribution in [-0.4, -0.2) is 52.0 Å². The van der Waals surface area contributed by atoms with E-state index in [0.717, 1.165) is 25.0 Å². The molecule has 1 aromatic rings. The van der Waals surface area contributed by atoms with Crippen molar-refractivity contribution in [2.75, 3.05) is 0 Å². The van der Waals surface area contributed by atoms with Crippen molar-refractivity contribution >= 4 is 17.7 Å². The average molecular weight is 396 g/mol. The van der Waals surface area contributed by atoms with E-state index in [0.29, 0.717) is 12.8 Å². The number of imide groups is 1. The molecule has 3 aliphatic heterocycles. The highest BCUT2D eigenvalue weighted by Gasteiger charge is 2.47. The molecule has 0 aromatic heterocycles. The lowest BCUT2D eigenvalue weighted by Gasteiger charge is -2.41. The summed E-state index contributed by atoms with van der Waals surface area (Å²) in [7, 11) is 0. The first kappa shape index (κ1) is 18.8. The molecule has 6 nitrogen and oxygen atoms in total. The fourth-order valence-corrected chi connectivity index (χ4v) is 4.64. The first-order valence-corrected chi connectivity index (χ1v) is 9.26. The number of fused-ring (bicyclic) bond motifs is 2. The number of hydrogen-bond acceptors (Lipinski definition) is 4. The number of carbonyl (C=O) groups excluding carboxylic acids is 3. The van der Waals surface area contributed by atoms with Crippen molar-refractivity contribution in [2.45, 2.75) is 63.0 Å². The third-order valence-electron chi connectivity index (χ3n) is 5.73. The Balaban J connectivity index is 1.46. The molecule has 0 saturated carbocycles. The summed E-state index contributed by atoms with van der Waals surface area (Å²) < 4.78 is 40.7. The summed E-state index contributed by atoms with van der Waals surface area (Å²) >= 11 is 0. The maximum Gasteiger partial charge on any atom is 0.573 e. The van der Waals surface area contributed by atoms with Crippen LogP contribution in [0.5, 0.6) is 5.75 Å². The summed E-state index contributed by atoms with van der Waals surface area (Å²) in [4.78, 5) is 40.1. The van der Waals surface area contributed by atoms with Gasteiger partial charge in [0.1, 0.15) is 5.75 Å². The Morgan fingerprint density at radius 3 is 1.96 bits per heavy atom. The predicted molar refractivity (Wildman–Crippen MR) is 90.2 cm³/mol. The lowest BCUT2D eigenvalue weighted by atomic mass is 9.95. The minimum Gasteiger partial charge on any atom is -0.406 e. The molecular weight excluding hydrogens is 377 g/mol. The van der Waals surface area contributed by atoms with Gasteiger partial charge in [0.05, 0.1) is 0 Å². The number of piperidine rings is 1. The van der Waals surface area contributed by atoms with E-state index in [2.05, 4.69) is 4.74 Å². The normalized spacial score (nSPS) is 27.5. The zero-order valence-electron chi connectivity index (χ0n) is 14.9. The second kappa shape index (κ2) is 6.79. The van der Waals surface area contributed by atoms with Crippen LogP contribution in [0.3, 0.4) is 0 Å². The molecule has 3 saturated heterocycles. The number of nitrogens with zero attached hydrogens (tertiary/aromatic N) is 2. The Morgan fingerprint density at radius 1 is 0.929 bits per heavy atom. The molecule has 4 rings (SSSR count). The number of carbonyl (C=O) groups is 3. The van der Waals surface area contributed by atoms with Crippen LogP contribution in [-0.2, 0) is 9.59 Å². The van der Waals surface area contributed by atoms with Gasteiger partial charge in [-0.25, -0.2) is 0 Å². The molecule has 0 radical (unpaired) electrons. The predicted octanol–water partition coefficient (Wildman–Crippen LogP) is 2.87. The van der Waals surface area contributed by atoms with Crippen LogP contribution in [0, 0.1) is 0 Å². The van der Waals surface area contributed by atoms with E-state index in [4.69, 9.17) is 0 Å². The molecule has 1 aromatic carbocycles. The van der Waals surface area contributed by atoms with E-state index in [9.17, 15) is 27.6 Å². The molecule has 0 spiro atoms. The average Bonchev–Trinajstić information content (AvgIpc) is 3.09. The standard InChI is InChI=1S/C19H19F3N2O4/c20-19(21,22)28-15-5-1-11(2-6-15)18(27)23-12-3-4-13(23)10-14(9-12)24-16(25)7-8-17(24)26/h1-2,5-6,12-14H,3-4,7-10H2. The first-order chi connectivity index (χ1) is 13.2. The van der Waals surface area contributed by atoms with Crippen molar-refractivity contribution in [1.82, 2.24) is 9.80 Å². The van der Waals surface area contributed by atoms with Gasteiger partial charge in [-0.2, -0.15) is 0 Å². The van der Waals surface area contributed by atoms with Crippen molar-refractivity contribution in [3.8, 4) is 5.75 Å². The molecule has 150 valence electrons. The molecule has 2 unspecified atom stereocenters. The van der Waals surface area contributed by atoms with E-state index in [-0.39, 0.29) is 60.0 Å². The van der Waals surface area contributed by atoms with E-state index in [1.807, 2.05) is 0 Å². The van der Waals surface area contributed by atoms with Crippen molar-refractivity contribution in [2.24, 2.45) is 0 Å². The maximum atomic E-state index is 12.9. The van der Waals surface area contributed by atoms with Gasteiger partial charge >= 0.3 is 6.36 Å². The van der Waals surface area contributed by atoms with Crippen LogP contribution < -0.4 is 4.74 Å². The smallest absolute Gasteiger partial charge is 0.406 e. The molecule has 3 amide bonds. The molecule has 0 N–H and O–H groups in total. The third kappa shape index (κ3) is 3.45. The number of amides is 3. The zero-order valence-corrected chi connectivity index (χ0v) is 14.9. The molecule has 3 heterocycles. The van der Waals surface area contributed by atoms with Gasteiger partial charge in [0, 0.05) is 36.5 Å². The topological polar surface area (TPSA) is 66.9 Å². The van der Waals surface area contributed by atoms with E-state index in [1.165, 1.54) is 17.0 Å². The minimum atomic E-state index is -4.78. The van der Waals surface area contributed by atoms with Gasteiger partial charge in [0.15, 0.2) is 0 Å². The lowest BCUT2D eigenvalue weighted by molar-refractivity contribution is -0.274. The summed E-state index contributed by atoms with van der Waals surface area (Å²) in [6.45, 7) is 0. The van der Waals surface area contributed by atoms with Crippen LogP contribution in [0.4, 0.5) is 13.2 Å². The van der Waals surface area contributed by atoms with Crippen molar-refractivity contribution in [3.05, 3.63) is 29.8 Å². The number of ether oxygens (including phenoxy) is 1. The zero-order chi connectivity index (χ0) is 20.1. The molecule has 2 atom stereocenters. The van der Waals surface area contributed by atoms with Gasteiger partial charge in [-0.1, -0.05) is 0 Å². The summed E-state index contributed by atoms with van der Waals surface area (Å²) in [5.74, 6) is -0.913. The third-order valence-corrected chi connectivity index (χ3v) is 5.73. The molecule has 3 fully saturated rings. The van der Waals surface area contributed by atoms with Gasteiger partial charge in [0.25, 0.3) is 5.91 Å². The van der Waals surface area contributed by atoms with Gasteiger partial charge in [-0.05, 0) is 49.9 Å². The summed E-state index contributed by atoms with van der Waals surface area (Å²) in [6, 6.07) is 4.55. The summed E-state index contributed by atoms with van der Waals surface area (Å²) in [5.41, 5.74) is 0.290. The quantitative estimate of drug-likeness (QED) is 0.737. The Bertz CT molecular complexity index is 778. The minimum absolute atomic E-state index is 0.0800. The summed E-state index contributed by atoms with van der Waals surface area (Å²) in [6.07, 6.45) is -1.60. The first-order valence-electron chi connectivity index (χ1n) is 9.26. The largest absolute Gasteiger partial charge is 0.573 e. The van der Waals surface area contributed by atoms with E-state index >= 15 is 0 Å². The van der Waals surface area contributed by atoms with Crippen LogP contribution in [0.2, 0.25) is 0 Å². The Hall–Kier alpha value is -2.58. The van der Waals surface area contributed by atoms with Crippen LogP contribution in [0.25, 0.3) is 0 Å². The number of rotatable bonds is 3. The second-order valence-corrected chi connectivity index (χ2v) is 7.45. The number of alkyl halides is 3. The van der Waals surface area contributed by atoms with E-state index < -0.39 is 6.36 Å². The Morgan fingerprint density at radius 2 is 1.46 bits per heavy atom. The molecule has 9 heteroatoms. The fourth-order valence-electron chi connectivity index (χ4n) is 4.64. The van der Waals surface area contributed by atoms with Crippen molar-refractivity contribution in [3.63, 3.8) is 0 Å². The van der Waals surface area contributed by atoms with Crippen LogP contribution in [0.15, 0.2) is 24.3 Å². The monoisotopic (exact) mass is 396 g/mol. The number of benzene rings is 1. The Labute approximate surface area is 159 Å². The van der Waals surface area contributed by atoms with Gasteiger partial charge in [-0.15, -0.1) is 13.2 Å². The maximum absolute atomic E-state index is 12.9. The highest BCUT2D eigenvalue weighted by atomic mass is 19.4. The summed E-state index contributed by atoms with van der Waals surface area (Å²) in [5, 5.41) is 0. The fraction of sp³-hybridized carbons (Fsp3) is 0.526. The SMILES string of the molecule is O=C1CCC(=O)N1C1CC2CCC(C1)N2C(=O)c1ccc(OC(F)(F)F)cc1. The molecular formula is C19H19F3N2O4. The van der Waals surface area contributed by atoms with E-state index in [1.54, 1.807) is 4.90 Å². The molecule has 0 aliphatic carbocycles. The molecule has 3 aliphatic rings. The number of likely N-dealkylation sites (tertiary alicyclic amines) is 1. The number of halogens is 3. The highest BCUT2D eigenvalue weighted by molar-refractivity contribution is 6.02. The molecule has 2 bridgehead atoms. The van der Waals surface area contributed by atoms with Crippen LogP contribution in [0.1, 0.15) is 48.9 Å². The molecule has 28 heavy (non-hydrogen) atoms. The van der Waals surface area contributed by atoms with Crippen molar-refractivity contribution in [1.29, 1.82) is 0 Å². The van der Waals surface area contributed by atoms with Crippen molar-refractivity contribution < 1.29 is 32.3 Å². The van der Waals surface area contributed by atoms with Gasteiger partial charge in [0.2, 0.25) is 11.8 Å². The lowest BCUT2D eigenvalue weighted by Crippen LogP contribution is -2.53.